The van der Waals surface area contributed by atoms with Gasteiger partial charge < -0.3 is 19.6 Å². The summed E-state index contributed by atoms with van der Waals surface area (Å²) in [7, 11) is 0. The molecule has 8 heteroatoms. The summed E-state index contributed by atoms with van der Waals surface area (Å²) in [4.78, 5) is 33.1. The van der Waals surface area contributed by atoms with Crippen molar-refractivity contribution in [3.05, 3.63) is 42.0 Å². The highest BCUT2D eigenvalue weighted by Crippen LogP contribution is 2.26. The molecule has 2 fully saturated rings. The van der Waals surface area contributed by atoms with Gasteiger partial charge in [-0.15, -0.1) is 0 Å². The van der Waals surface area contributed by atoms with Crippen molar-refractivity contribution in [2.24, 2.45) is 0 Å². The van der Waals surface area contributed by atoms with Gasteiger partial charge >= 0.3 is 6.03 Å². The van der Waals surface area contributed by atoms with Gasteiger partial charge in [-0.3, -0.25) is 4.79 Å². The molecule has 4 rings (SSSR count). The summed E-state index contributed by atoms with van der Waals surface area (Å²) in [5.41, 5.74) is 0.865. The molecule has 8 nitrogen and oxygen atoms in total. The van der Waals surface area contributed by atoms with Crippen LogP contribution in [-0.2, 0) is 4.79 Å². The predicted molar refractivity (Wildman–Crippen MR) is 98.3 cm³/mol. The van der Waals surface area contributed by atoms with Crippen LogP contribution in [0.4, 0.5) is 10.5 Å². The zero-order chi connectivity index (χ0) is 18.8. The summed E-state index contributed by atoms with van der Waals surface area (Å²) in [6.07, 6.45) is 2.39. The zero-order valence-corrected chi connectivity index (χ0v) is 15.3. The normalized spacial score (nSPS) is 22.9. The smallest absolute Gasteiger partial charge is 0.318 e. The number of nitrogens with one attached hydrogen (secondary N) is 1. The Morgan fingerprint density at radius 3 is 2.78 bits per heavy atom. The lowest BCUT2D eigenvalue weighted by Gasteiger charge is -2.31. The SMILES string of the molecule is Cc1noc(C2CCCN(C(=O)NC3CCN(c4ccccc4)C3=O)C2)n1. The van der Waals surface area contributed by atoms with Crippen molar-refractivity contribution in [2.75, 3.05) is 24.5 Å². The first-order chi connectivity index (χ1) is 13.1. The summed E-state index contributed by atoms with van der Waals surface area (Å²) in [6.45, 7) is 3.58. The first-order valence-corrected chi connectivity index (χ1v) is 9.34. The number of hydrogen-bond acceptors (Lipinski definition) is 5. The molecule has 2 atom stereocenters. The minimum absolute atomic E-state index is 0.0470. The van der Waals surface area contributed by atoms with Crippen molar-refractivity contribution >= 4 is 17.6 Å². The molecule has 2 aliphatic rings. The Bertz CT molecular complexity index is 822. The number of aromatic nitrogens is 2. The van der Waals surface area contributed by atoms with Gasteiger partial charge in [0, 0.05) is 25.3 Å². The number of hydrogen-bond donors (Lipinski definition) is 1. The summed E-state index contributed by atoms with van der Waals surface area (Å²) >= 11 is 0. The van der Waals surface area contributed by atoms with Gasteiger partial charge in [0.15, 0.2) is 5.82 Å². The third-order valence-electron chi connectivity index (χ3n) is 5.17. The van der Waals surface area contributed by atoms with Gasteiger partial charge in [-0.2, -0.15) is 4.98 Å². The van der Waals surface area contributed by atoms with Crippen LogP contribution in [0.1, 0.15) is 36.9 Å². The van der Waals surface area contributed by atoms with Crippen molar-refractivity contribution in [2.45, 2.75) is 38.1 Å². The van der Waals surface area contributed by atoms with Crippen LogP contribution in [0, 0.1) is 6.92 Å². The number of benzene rings is 1. The maximum Gasteiger partial charge on any atom is 0.318 e. The molecule has 0 bridgehead atoms. The van der Waals surface area contributed by atoms with E-state index in [0.29, 0.717) is 37.8 Å². The Morgan fingerprint density at radius 1 is 1.22 bits per heavy atom. The summed E-state index contributed by atoms with van der Waals surface area (Å²) < 4.78 is 5.27. The van der Waals surface area contributed by atoms with E-state index in [1.807, 2.05) is 30.3 Å². The van der Waals surface area contributed by atoms with Gasteiger partial charge in [0.25, 0.3) is 0 Å². The molecule has 142 valence electrons. The molecule has 0 aliphatic carbocycles. The Morgan fingerprint density at radius 2 is 2.04 bits per heavy atom. The van der Waals surface area contributed by atoms with Gasteiger partial charge in [0.2, 0.25) is 11.8 Å². The number of nitrogens with zero attached hydrogens (tertiary/aromatic N) is 4. The first kappa shape index (κ1) is 17.5. The van der Waals surface area contributed by atoms with E-state index in [0.717, 1.165) is 18.5 Å². The lowest BCUT2D eigenvalue weighted by atomic mass is 9.98. The zero-order valence-electron chi connectivity index (χ0n) is 15.3. The summed E-state index contributed by atoms with van der Waals surface area (Å²) in [5.74, 6) is 1.17. The van der Waals surface area contributed by atoms with Crippen LogP contribution < -0.4 is 10.2 Å². The average Bonchev–Trinajstić information content (AvgIpc) is 3.29. The average molecular weight is 369 g/mol. The number of carbonyl (C=O) groups is 2. The number of amides is 3. The number of piperidine rings is 1. The number of para-hydroxylation sites is 1. The number of likely N-dealkylation sites (tertiary alicyclic amines) is 1. The van der Waals surface area contributed by atoms with Crippen molar-refractivity contribution in [1.29, 1.82) is 0 Å². The maximum absolute atomic E-state index is 12.7. The number of urea groups is 1. The highest BCUT2D eigenvalue weighted by molar-refractivity contribution is 6.01. The van der Waals surface area contributed by atoms with Gasteiger partial charge in [-0.25, -0.2) is 4.79 Å². The van der Waals surface area contributed by atoms with Crippen LogP contribution in [0.25, 0.3) is 0 Å². The molecule has 0 radical (unpaired) electrons. The molecular weight excluding hydrogens is 346 g/mol. The van der Waals surface area contributed by atoms with Crippen LogP contribution in [0.3, 0.4) is 0 Å². The molecule has 0 spiro atoms. The van der Waals surface area contributed by atoms with E-state index in [1.54, 1.807) is 16.7 Å². The van der Waals surface area contributed by atoms with Crippen LogP contribution in [-0.4, -0.2) is 52.7 Å². The largest absolute Gasteiger partial charge is 0.339 e. The van der Waals surface area contributed by atoms with Crippen LogP contribution in [0.2, 0.25) is 0 Å². The lowest BCUT2D eigenvalue weighted by Crippen LogP contribution is -2.50. The number of carbonyl (C=O) groups excluding carboxylic acids is 2. The Hall–Kier alpha value is -2.90. The van der Waals surface area contributed by atoms with Crippen molar-refractivity contribution in [3.63, 3.8) is 0 Å². The van der Waals surface area contributed by atoms with Gasteiger partial charge in [-0.1, -0.05) is 23.4 Å². The van der Waals surface area contributed by atoms with E-state index in [2.05, 4.69) is 15.5 Å². The van der Waals surface area contributed by atoms with E-state index in [9.17, 15) is 9.59 Å². The van der Waals surface area contributed by atoms with E-state index < -0.39 is 6.04 Å². The molecule has 0 saturated carbocycles. The van der Waals surface area contributed by atoms with Gasteiger partial charge in [-0.05, 0) is 38.3 Å². The van der Waals surface area contributed by atoms with E-state index >= 15 is 0 Å². The molecule has 1 aromatic carbocycles. The highest BCUT2D eigenvalue weighted by Gasteiger charge is 2.35. The molecule has 1 N–H and O–H groups in total. The number of anilines is 1. The quantitative estimate of drug-likeness (QED) is 0.894. The molecule has 2 aliphatic heterocycles. The third-order valence-corrected chi connectivity index (χ3v) is 5.17. The predicted octanol–water partition coefficient (Wildman–Crippen LogP) is 2.07. The molecule has 1 aromatic heterocycles. The van der Waals surface area contributed by atoms with Crippen molar-refractivity contribution in [1.82, 2.24) is 20.4 Å². The minimum Gasteiger partial charge on any atom is -0.339 e. The third kappa shape index (κ3) is 3.65. The Kier molecular flexibility index (Phi) is 4.79. The fourth-order valence-electron chi connectivity index (χ4n) is 3.76. The molecule has 3 amide bonds. The molecule has 27 heavy (non-hydrogen) atoms. The van der Waals surface area contributed by atoms with E-state index in [-0.39, 0.29) is 17.9 Å². The lowest BCUT2D eigenvalue weighted by molar-refractivity contribution is -0.118. The minimum atomic E-state index is -0.483. The highest BCUT2D eigenvalue weighted by atomic mass is 16.5. The molecule has 2 saturated heterocycles. The fraction of sp³-hybridized carbons (Fsp3) is 0.474. The van der Waals surface area contributed by atoms with Crippen LogP contribution >= 0.6 is 0 Å². The van der Waals surface area contributed by atoms with E-state index in [1.165, 1.54) is 0 Å². The molecule has 2 unspecified atom stereocenters. The maximum atomic E-state index is 12.7. The van der Waals surface area contributed by atoms with Crippen molar-refractivity contribution < 1.29 is 14.1 Å². The Balaban J connectivity index is 1.37. The van der Waals surface area contributed by atoms with E-state index in [4.69, 9.17) is 4.52 Å². The molecule has 3 heterocycles. The molecule has 2 aromatic rings. The standard InChI is InChI=1S/C19H23N5O3/c1-13-20-17(27-22-13)14-6-5-10-23(12-14)19(26)21-16-9-11-24(18(16)25)15-7-3-2-4-8-15/h2-4,7-8,14,16H,5-6,9-12H2,1H3,(H,21,26). The summed E-state index contributed by atoms with van der Waals surface area (Å²) in [6, 6.07) is 8.85. The first-order valence-electron chi connectivity index (χ1n) is 9.34. The fourth-order valence-corrected chi connectivity index (χ4v) is 3.76. The van der Waals surface area contributed by atoms with Crippen LogP contribution in [0.15, 0.2) is 34.9 Å². The monoisotopic (exact) mass is 369 g/mol. The second kappa shape index (κ2) is 7.38. The van der Waals surface area contributed by atoms with Gasteiger partial charge in [0.1, 0.15) is 6.04 Å². The van der Waals surface area contributed by atoms with Gasteiger partial charge in [0.05, 0.1) is 5.92 Å². The van der Waals surface area contributed by atoms with Crippen molar-refractivity contribution in [3.8, 4) is 0 Å². The van der Waals surface area contributed by atoms with Crippen LogP contribution in [0.5, 0.6) is 0 Å². The number of rotatable bonds is 3. The second-order valence-electron chi connectivity index (χ2n) is 7.08. The number of aryl methyl sites for hydroxylation is 1. The molecular formula is C19H23N5O3. The second-order valence-corrected chi connectivity index (χ2v) is 7.08. The summed E-state index contributed by atoms with van der Waals surface area (Å²) in [5, 5.41) is 6.74. The Labute approximate surface area is 157 Å². The topological polar surface area (TPSA) is 91.6 Å².